The quantitative estimate of drug-likeness (QED) is 0.646. The lowest BCUT2D eigenvalue weighted by molar-refractivity contribution is 0.330. The molecule has 0 radical (unpaired) electrons. The molecule has 1 heteroatoms. The van der Waals surface area contributed by atoms with Crippen LogP contribution in [0.15, 0.2) is 0 Å². The van der Waals surface area contributed by atoms with Crippen LogP contribution in [0, 0.1) is 11.3 Å². The third-order valence-corrected chi connectivity index (χ3v) is 2.46. The van der Waals surface area contributed by atoms with E-state index in [1.807, 2.05) is 0 Å². The Balaban J connectivity index is 2.11. The first-order chi connectivity index (χ1) is 5.08. The maximum atomic E-state index is 3.41. The SMILES string of the molecule is CC(C)(C)CC[C@@H]1CCNC1. The van der Waals surface area contributed by atoms with Gasteiger partial charge in [0.2, 0.25) is 0 Å². The molecular formula is C10H21N. The molecule has 1 saturated heterocycles. The Morgan fingerprint density at radius 2 is 2.09 bits per heavy atom. The van der Waals surface area contributed by atoms with E-state index in [9.17, 15) is 0 Å². The van der Waals surface area contributed by atoms with E-state index in [0.29, 0.717) is 5.41 Å². The Kier molecular flexibility index (Phi) is 2.94. The van der Waals surface area contributed by atoms with Gasteiger partial charge in [0.25, 0.3) is 0 Å². The average Bonchev–Trinajstić information content (AvgIpc) is 2.32. The zero-order valence-electron chi connectivity index (χ0n) is 8.11. The lowest BCUT2D eigenvalue weighted by Crippen LogP contribution is -2.12. The molecule has 1 rings (SSSR count). The summed E-state index contributed by atoms with van der Waals surface area (Å²) in [6.07, 6.45) is 4.19. The number of hydrogen-bond acceptors (Lipinski definition) is 1. The van der Waals surface area contributed by atoms with Gasteiger partial charge in [0.05, 0.1) is 0 Å². The Morgan fingerprint density at radius 3 is 2.55 bits per heavy atom. The van der Waals surface area contributed by atoms with Gasteiger partial charge < -0.3 is 5.32 Å². The van der Waals surface area contributed by atoms with Crippen molar-refractivity contribution in [2.24, 2.45) is 11.3 Å². The summed E-state index contributed by atoms with van der Waals surface area (Å²) in [6, 6.07) is 0. The summed E-state index contributed by atoms with van der Waals surface area (Å²) < 4.78 is 0. The summed E-state index contributed by atoms with van der Waals surface area (Å²) >= 11 is 0. The molecule has 0 bridgehead atoms. The van der Waals surface area contributed by atoms with E-state index < -0.39 is 0 Å². The molecule has 0 aliphatic carbocycles. The van der Waals surface area contributed by atoms with Crippen molar-refractivity contribution >= 4 is 0 Å². The van der Waals surface area contributed by atoms with Gasteiger partial charge in [0.1, 0.15) is 0 Å². The van der Waals surface area contributed by atoms with Crippen LogP contribution in [0.1, 0.15) is 40.0 Å². The molecule has 1 N–H and O–H groups in total. The van der Waals surface area contributed by atoms with Crippen LogP contribution >= 0.6 is 0 Å². The second-order valence-electron chi connectivity index (χ2n) is 4.96. The molecule has 0 amide bonds. The van der Waals surface area contributed by atoms with Crippen LogP contribution in [-0.2, 0) is 0 Å². The monoisotopic (exact) mass is 155 g/mol. The highest BCUT2D eigenvalue weighted by Gasteiger charge is 2.17. The molecular weight excluding hydrogens is 134 g/mol. The highest BCUT2D eigenvalue weighted by Crippen LogP contribution is 2.25. The highest BCUT2D eigenvalue weighted by molar-refractivity contribution is 4.73. The van der Waals surface area contributed by atoms with Crippen molar-refractivity contribution < 1.29 is 0 Å². The fourth-order valence-corrected chi connectivity index (χ4v) is 1.60. The second kappa shape index (κ2) is 3.57. The number of nitrogens with one attached hydrogen (secondary N) is 1. The maximum Gasteiger partial charge on any atom is -0.00200 e. The van der Waals surface area contributed by atoms with Gasteiger partial charge in [-0.3, -0.25) is 0 Å². The van der Waals surface area contributed by atoms with Crippen LogP contribution in [0.5, 0.6) is 0 Å². The van der Waals surface area contributed by atoms with Crippen molar-refractivity contribution in [2.45, 2.75) is 40.0 Å². The molecule has 1 atom stereocenters. The number of hydrogen-bond donors (Lipinski definition) is 1. The van der Waals surface area contributed by atoms with Crippen molar-refractivity contribution in [2.75, 3.05) is 13.1 Å². The Hall–Kier alpha value is -0.0400. The molecule has 0 spiro atoms. The van der Waals surface area contributed by atoms with Gasteiger partial charge in [-0.1, -0.05) is 20.8 Å². The molecule has 0 aromatic heterocycles. The molecule has 1 aliphatic heterocycles. The van der Waals surface area contributed by atoms with Gasteiger partial charge >= 0.3 is 0 Å². The lowest BCUT2D eigenvalue weighted by Gasteiger charge is -2.19. The van der Waals surface area contributed by atoms with Crippen LogP contribution in [-0.4, -0.2) is 13.1 Å². The Bertz CT molecular complexity index is 107. The smallest absolute Gasteiger partial charge is 0.00200 e. The Morgan fingerprint density at radius 1 is 1.36 bits per heavy atom. The van der Waals surface area contributed by atoms with Crippen molar-refractivity contribution in [3.63, 3.8) is 0 Å². The van der Waals surface area contributed by atoms with E-state index in [1.165, 1.54) is 32.4 Å². The predicted molar refractivity (Wildman–Crippen MR) is 49.7 cm³/mol. The molecule has 11 heavy (non-hydrogen) atoms. The molecule has 1 nitrogen and oxygen atoms in total. The fourth-order valence-electron chi connectivity index (χ4n) is 1.60. The van der Waals surface area contributed by atoms with Gasteiger partial charge in [0.15, 0.2) is 0 Å². The fraction of sp³-hybridized carbons (Fsp3) is 1.00. The van der Waals surface area contributed by atoms with Gasteiger partial charge in [-0.05, 0) is 43.7 Å². The minimum absolute atomic E-state index is 0.530. The summed E-state index contributed by atoms with van der Waals surface area (Å²) in [5, 5.41) is 3.41. The minimum atomic E-state index is 0.530. The highest BCUT2D eigenvalue weighted by atomic mass is 14.9. The van der Waals surface area contributed by atoms with Gasteiger partial charge in [-0.15, -0.1) is 0 Å². The normalized spacial score (nSPS) is 25.9. The Labute approximate surface area is 70.6 Å². The molecule has 0 saturated carbocycles. The zero-order valence-corrected chi connectivity index (χ0v) is 8.11. The van der Waals surface area contributed by atoms with Crippen LogP contribution in [0.2, 0.25) is 0 Å². The standard InChI is InChI=1S/C10H21N/c1-10(2,3)6-4-9-5-7-11-8-9/h9,11H,4-8H2,1-3H3/t9-/m1/s1. The van der Waals surface area contributed by atoms with E-state index in [1.54, 1.807) is 0 Å². The molecule has 1 fully saturated rings. The molecule has 1 heterocycles. The van der Waals surface area contributed by atoms with Gasteiger partial charge in [-0.2, -0.15) is 0 Å². The maximum absolute atomic E-state index is 3.41. The topological polar surface area (TPSA) is 12.0 Å². The van der Waals surface area contributed by atoms with E-state index in [4.69, 9.17) is 0 Å². The van der Waals surface area contributed by atoms with Crippen molar-refractivity contribution in [3.05, 3.63) is 0 Å². The van der Waals surface area contributed by atoms with Crippen molar-refractivity contribution in [1.29, 1.82) is 0 Å². The van der Waals surface area contributed by atoms with Crippen molar-refractivity contribution in [1.82, 2.24) is 5.32 Å². The van der Waals surface area contributed by atoms with E-state index in [2.05, 4.69) is 26.1 Å². The molecule has 66 valence electrons. The van der Waals surface area contributed by atoms with Crippen LogP contribution in [0.25, 0.3) is 0 Å². The van der Waals surface area contributed by atoms with Crippen LogP contribution in [0.4, 0.5) is 0 Å². The van der Waals surface area contributed by atoms with Gasteiger partial charge in [0, 0.05) is 0 Å². The molecule has 0 aromatic carbocycles. The summed E-state index contributed by atoms with van der Waals surface area (Å²) in [6.45, 7) is 9.49. The molecule has 0 unspecified atom stereocenters. The van der Waals surface area contributed by atoms with E-state index in [0.717, 1.165) is 5.92 Å². The van der Waals surface area contributed by atoms with Crippen molar-refractivity contribution in [3.8, 4) is 0 Å². The summed E-state index contributed by atoms with van der Waals surface area (Å²) in [5.74, 6) is 0.967. The number of rotatable bonds is 2. The van der Waals surface area contributed by atoms with Gasteiger partial charge in [-0.25, -0.2) is 0 Å². The first-order valence-corrected chi connectivity index (χ1v) is 4.79. The first-order valence-electron chi connectivity index (χ1n) is 4.79. The van der Waals surface area contributed by atoms with Crippen LogP contribution in [0.3, 0.4) is 0 Å². The molecule has 1 aliphatic rings. The third-order valence-electron chi connectivity index (χ3n) is 2.46. The molecule has 0 aromatic rings. The largest absolute Gasteiger partial charge is 0.316 e. The third kappa shape index (κ3) is 3.76. The first kappa shape index (κ1) is 9.05. The second-order valence-corrected chi connectivity index (χ2v) is 4.96. The van der Waals surface area contributed by atoms with E-state index in [-0.39, 0.29) is 0 Å². The van der Waals surface area contributed by atoms with E-state index >= 15 is 0 Å². The minimum Gasteiger partial charge on any atom is -0.316 e. The summed E-state index contributed by atoms with van der Waals surface area (Å²) in [4.78, 5) is 0. The average molecular weight is 155 g/mol. The zero-order chi connectivity index (χ0) is 8.32. The summed E-state index contributed by atoms with van der Waals surface area (Å²) in [7, 11) is 0. The summed E-state index contributed by atoms with van der Waals surface area (Å²) in [5.41, 5.74) is 0.530. The van der Waals surface area contributed by atoms with Crippen LogP contribution < -0.4 is 5.32 Å². The predicted octanol–water partition coefficient (Wildman–Crippen LogP) is 2.42. The lowest BCUT2D eigenvalue weighted by atomic mass is 9.86.